The van der Waals surface area contributed by atoms with Crippen molar-refractivity contribution in [3.63, 3.8) is 0 Å². The Morgan fingerprint density at radius 1 is 1.83 bits per heavy atom. The monoisotopic (exact) mass is 183 g/mol. The Hall–Kier alpha value is -0.960. The zero-order valence-corrected chi connectivity index (χ0v) is 7.21. The van der Waals surface area contributed by atoms with E-state index in [1.54, 1.807) is 6.20 Å². The highest BCUT2D eigenvalue weighted by atomic mass is 32.1. The first kappa shape index (κ1) is 9.13. The van der Waals surface area contributed by atoms with Gasteiger partial charge in [-0.3, -0.25) is 5.32 Å². The first-order chi connectivity index (χ1) is 5.88. The van der Waals surface area contributed by atoms with Crippen molar-refractivity contribution >= 4 is 11.3 Å². The van der Waals surface area contributed by atoms with Crippen LogP contribution in [0.5, 0.6) is 0 Å². The Kier molecular flexibility index (Phi) is 3.67. The molecule has 0 aliphatic heterocycles. The molecule has 1 heterocycles. The average Bonchev–Trinajstić information content (AvgIpc) is 2.59. The van der Waals surface area contributed by atoms with Crippen molar-refractivity contribution in [2.45, 2.75) is 6.04 Å². The summed E-state index contributed by atoms with van der Waals surface area (Å²) in [5.74, 6) is 0. The van der Waals surface area contributed by atoms with Crippen molar-refractivity contribution in [1.29, 1.82) is 5.26 Å². The van der Waals surface area contributed by atoms with Gasteiger partial charge in [0.15, 0.2) is 0 Å². The van der Waals surface area contributed by atoms with Crippen LogP contribution in [0, 0.1) is 11.3 Å². The number of nitrogens with zero attached hydrogens (tertiary/aromatic N) is 2. The average molecular weight is 183 g/mol. The number of nitrogens with one attached hydrogen (secondary N) is 1. The van der Waals surface area contributed by atoms with E-state index in [-0.39, 0.29) is 6.61 Å². The standard InChI is InChI=1S/C7H9N3OS/c8-5-6(9-1-3-11)7-10-2-4-12-7/h2,4,6,9,11H,1,3H2. The van der Waals surface area contributed by atoms with Crippen LogP contribution in [-0.4, -0.2) is 23.2 Å². The summed E-state index contributed by atoms with van der Waals surface area (Å²) >= 11 is 1.43. The van der Waals surface area contributed by atoms with Crippen LogP contribution >= 0.6 is 11.3 Å². The van der Waals surface area contributed by atoms with E-state index in [2.05, 4.69) is 16.4 Å². The van der Waals surface area contributed by atoms with Gasteiger partial charge in [0.2, 0.25) is 0 Å². The molecule has 0 amide bonds. The zero-order chi connectivity index (χ0) is 8.81. The van der Waals surface area contributed by atoms with Crippen molar-refractivity contribution in [2.24, 2.45) is 0 Å². The maximum atomic E-state index is 8.70. The van der Waals surface area contributed by atoms with Crippen LogP contribution in [0.25, 0.3) is 0 Å². The van der Waals surface area contributed by atoms with E-state index < -0.39 is 6.04 Å². The van der Waals surface area contributed by atoms with Crippen molar-refractivity contribution in [2.75, 3.05) is 13.2 Å². The molecule has 0 radical (unpaired) electrons. The first-order valence-electron chi connectivity index (χ1n) is 3.51. The van der Waals surface area contributed by atoms with E-state index in [4.69, 9.17) is 10.4 Å². The van der Waals surface area contributed by atoms with Gasteiger partial charge in [-0.15, -0.1) is 11.3 Å². The van der Waals surface area contributed by atoms with E-state index in [1.807, 2.05) is 5.38 Å². The molecule has 12 heavy (non-hydrogen) atoms. The molecule has 64 valence electrons. The molecule has 1 aromatic rings. The van der Waals surface area contributed by atoms with Gasteiger partial charge >= 0.3 is 0 Å². The summed E-state index contributed by atoms with van der Waals surface area (Å²) in [7, 11) is 0. The first-order valence-corrected chi connectivity index (χ1v) is 4.39. The number of aliphatic hydroxyl groups excluding tert-OH is 1. The number of thiazole rings is 1. The second kappa shape index (κ2) is 4.83. The van der Waals surface area contributed by atoms with Gasteiger partial charge in [0, 0.05) is 18.1 Å². The van der Waals surface area contributed by atoms with Crippen LogP contribution in [0.15, 0.2) is 11.6 Å². The Balaban J connectivity index is 2.53. The minimum Gasteiger partial charge on any atom is -0.395 e. The van der Waals surface area contributed by atoms with Gasteiger partial charge in [-0.2, -0.15) is 5.26 Å². The van der Waals surface area contributed by atoms with Crippen LogP contribution < -0.4 is 5.32 Å². The highest BCUT2D eigenvalue weighted by Gasteiger charge is 2.10. The smallest absolute Gasteiger partial charge is 0.148 e. The van der Waals surface area contributed by atoms with Crippen molar-refractivity contribution < 1.29 is 5.11 Å². The number of nitriles is 1. The number of hydrogen-bond donors (Lipinski definition) is 2. The summed E-state index contributed by atoms with van der Waals surface area (Å²) in [6.07, 6.45) is 1.66. The van der Waals surface area contributed by atoms with E-state index in [9.17, 15) is 0 Å². The van der Waals surface area contributed by atoms with Gasteiger partial charge in [-0.05, 0) is 0 Å². The molecule has 1 atom stereocenters. The molecule has 2 N–H and O–H groups in total. The Morgan fingerprint density at radius 2 is 2.67 bits per heavy atom. The molecule has 0 spiro atoms. The third-order valence-corrected chi connectivity index (χ3v) is 2.13. The molecule has 1 aromatic heterocycles. The predicted octanol–water partition coefficient (Wildman–Crippen LogP) is 0.290. The molecule has 0 fully saturated rings. The highest BCUT2D eigenvalue weighted by Crippen LogP contribution is 2.13. The van der Waals surface area contributed by atoms with E-state index in [1.165, 1.54) is 11.3 Å². The van der Waals surface area contributed by atoms with Crippen LogP contribution in [0.3, 0.4) is 0 Å². The molecule has 0 aliphatic carbocycles. The van der Waals surface area contributed by atoms with Crippen LogP contribution in [0.4, 0.5) is 0 Å². The van der Waals surface area contributed by atoms with Gasteiger partial charge in [0.1, 0.15) is 11.0 Å². The lowest BCUT2D eigenvalue weighted by Gasteiger charge is -2.05. The van der Waals surface area contributed by atoms with E-state index in [0.29, 0.717) is 6.54 Å². The second-order valence-electron chi connectivity index (χ2n) is 2.11. The van der Waals surface area contributed by atoms with Crippen LogP contribution in [-0.2, 0) is 0 Å². The number of hydrogen-bond acceptors (Lipinski definition) is 5. The summed E-state index contributed by atoms with van der Waals surface area (Å²) in [5, 5.41) is 22.6. The van der Waals surface area contributed by atoms with Crippen molar-refractivity contribution in [1.82, 2.24) is 10.3 Å². The Morgan fingerprint density at radius 3 is 3.17 bits per heavy atom. The van der Waals surface area contributed by atoms with Crippen LogP contribution in [0.2, 0.25) is 0 Å². The molecule has 0 aromatic carbocycles. The summed E-state index contributed by atoms with van der Waals surface area (Å²) in [6, 6.07) is 1.67. The maximum absolute atomic E-state index is 8.70. The Labute approximate surface area is 74.5 Å². The van der Waals surface area contributed by atoms with Gasteiger partial charge in [0.05, 0.1) is 12.7 Å². The summed E-state index contributed by atoms with van der Waals surface area (Å²) in [4.78, 5) is 3.99. The molecule has 1 rings (SSSR count). The topological polar surface area (TPSA) is 68.9 Å². The SMILES string of the molecule is N#CC(NCCO)c1nccs1. The van der Waals surface area contributed by atoms with Gasteiger partial charge < -0.3 is 5.11 Å². The number of aliphatic hydroxyl groups is 1. The normalized spacial score (nSPS) is 12.3. The minimum absolute atomic E-state index is 0.0313. The van der Waals surface area contributed by atoms with Gasteiger partial charge in [-0.25, -0.2) is 4.98 Å². The molecular formula is C7H9N3OS. The lowest BCUT2D eigenvalue weighted by Crippen LogP contribution is -2.23. The van der Waals surface area contributed by atoms with Gasteiger partial charge in [0.25, 0.3) is 0 Å². The van der Waals surface area contributed by atoms with Crippen LogP contribution in [0.1, 0.15) is 11.0 Å². The minimum atomic E-state index is -0.392. The molecule has 0 bridgehead atoms. The highest BCUT2D eigenvalue weighted by molar-refractivity contribution is 7.09. The Bertz CT molecular complexity index is 254. The molecule has 0 saturated carbocycles. The fraction of sp³-hybridized carbons (Fsp3) is 0.429. The molecule has 0 saturated heterocycles. The second-order valence-corrected chi connectivity index (χ2v) is 3.04. The lowest BCUT2D eigenvalue weighted by atomic mass is 10.3. The molecular weight excluding hydrogens is 174 g/mol. The summed E-state index contributed by atoms with van der Waals surface area (Å²) < 4.78 is 0. The molecule has 1 unspecified atom stereocenters. The zero-order valence-electron chi connectivity index (χ0n) is 6.40. The molecule has 0 aliphatic rings. The number of aromatic nitrogens is 1. The van der Waals surface area contributed by atoms with Crippen molar-refractivity contribution in [3.8, 4) is 6.07 Å². The van der Waals surface area contributed by atoms with Crippen molar-refractivity contribution in [3.05, 3.63) is 16.6 Å². The van der Waals surface area contributed by atoms with E-state index in [0.717, 1.165) is 5.01 Å². The summed E-state index contributed by atoms with van der Waals surface area (Å²) in [5.41, 5.74) is 0. The third kappa shape index (κ3) is 2.27. The quantitative estimate of drug-likeness (QED) is 0.704. The molecule has 4 nitrogen and oxygen atoms in total. The summed E-state index contributed by atoms with van der Waals surface area (Å²) in [6.45, 7) is 0.446. The fourth-order valence-electron chi connectivity index (χ4n) is 0.774. The third-order valence-electron chi connectivity index (χ3n) is 1.29. The maximum Gasteiger partial charge on any atom is 0.148 e. The lowest BCUT2D eigenvalue weighted by molar-refractivity contribution is 0.289. The fourth-order valence-corrected chi connectivity index (χ4v) is 1.43. The van der Waals surface area contributed by atoms with E-state index >= 15 is 0 Å². The van der Waals surface area contributed by atoms with Gasteiger partial charge in [-0.1, -0.05) is 0 Å². The number of rotatable bonds is 4. The molecule has 5 heteroatoms. The largest absolute Gasteiger partial charge is 0.395 e. The predicted molar refractivity (Wildman–Crippen MR) is 45.6 cm³/mol.